The molecule has 1 aromatic rings. The minimum Gasteiger partial charge on any atom is -0.465 e. The second kappa shape index (κ2) is 8.56. The highest BCUT2D eigenvalue weighted by atomic mass is 16.6. The van der Waals surface area contributed by atoms with Crippen LogP contribution in [0.5, 0.6) is 0 Å². The summed E-state index contributed by atoms with van der Waals surface area (Å²) in [4.78, 5) is 34.3. The number of nitrogens with one attached hydrogen (secondary N) is 1. The third kappa shape index (κ3) is 5.99. The Morgan fingerprint density at radius 2 is 1.92 bits per heavy atom. The summed E-state index contributed by atoms with van der Waals surface area (Å²) in [6, 6.07) is 2.96. The Labute approximate surface area is 138 Å². The van der Waals surface area contributed by atoms with Gasteiger partial charge in [0, 0.05) is 0 Å². The van der Waals surface area contributed by atoms with Crippen LogP contribution in [0.3, 0.4) is 0 Å². The fourth-order valence-corrected chi connectivity index (χ4v) is 1.48. The van der Waals surface area contributed by atoms with Crippen LogP contribution in [0.15, 0.2) is 28.6 Å². The molecule has 0 fully saturated rings. The Morgan fingerprint density at radius 1 is 1.29 bits per heavy atom. The number of ether oxygens (including phenoxy) is 2. The number of hydrazine groups is 1. The van der Waals surface area contributed by atoms with Gasteiger partial charge in [-0.25, -0.2) is 4.79 Å². The highest BCUT2D eigenvalue weighted by Crippen LogP contribution is 2.13. The Balaban J connectivity index is 3.14. The van der Waals surface area contributed by atoms with Gasteiger partial charge in [0.15, 0.2) is 0 Å². The van der Waals surface area contributed by atoms with Gasteiger partial charge in [-0.15, -0.1) is 5.43 Å². The van der Waals surface area contributed by atoms with Crippen molar-refractivity contribution < 1.29 is 28.4 Å². The first-order chi connectivity index (χ1) is 11.2. The molecule has 10 heteroatoms. The number of nitrogens with zero attached hydrogens (tertiary/aromatic N) is 2. The average Bonchev–Trinajstić information content (AvgIpc) is 2.93. The zero-order chi connectivity index (χ0) is 18.3. The normalized spacial score (nSPS) is 11.3. The van der Waals surface area contributed by atoms with Crippen molar-refractivity contribution in [2.24, 2.45) is 0 Å². The van der Waals surface area contributed by atoms with Crippen molar-refractivity contribution in [3.63, 3.8) is 0 Å². The first-order valence-electron chi connectivity index (χ1n) is 7.08. The van der Waals surface area contributed by atoms with Crippen molar-refractivity contribution in [3.8, 4) is 0 Å². The van der Waals surface area contributed by atoms with Crippen molar-refractivity contribution >= 4 is 18.3 Å². The second-order valence-electron chi connectivity index (χ2n) is 5.11. The Bertz CT molecular complexity index is 608. The van der Waals surface area contributed by atoms with E-state index in [2.05, 4.69) is 0 Å². The number of hydrogen-bond acceptors (Lipinski definition) is 7. The van der Waals surface area contributed by atoms with E-state index in [9.17, 15) is 19.7 Å². The van der Waals surface area contributed by atoms with E-state index in [0.29, 0.717) is 5.01 Å². The summed E-state index contributed by atoms with van der Waals surface area (Å²) < 4.78 is 14.7. The third-order valence-corrected chi connectivity index (χ3v) is 2.30. The van der Waals surface area contributed by atoms with Crippen LogP contribution >= 0.6 is 0 Å². The number of hydrogen-bond donors (Lipinski definition) is 1. The summed E-state index contributed by atoms with van der Waals surface area (Å²) in [6.07, 6.45) is -0.948. The van der Waals surface area contributed by atoms with E-state index in [1.165, 1.54) is 18.4 Å². The van der Waals surface area contributed by atoms with Crippen LogP contribution < -0.4 is 5.43 Å². The van der Waals surface area contributed by atoms with Gasteiger partial charge in [0.25, 0.3) is 0 Å². The number of rotatable bonds is 5. The molecule has 1 aromatic heterocycles. The van der Waals surface area contributed by atoms with Gasteiger partial charge >= 0.3 is 18.0 Å². The van der Waals surface area contributed by atoms with Crippen LogP contribution in [-0.2, 0) is 9.47 Å². The van der Waals surface area contributed by atoms with E-state index in [4.69, 9.17) is 13.9 Å². The number of carbonyl (C=O) groups excluding carboxylic acids is 2. The zero-order valence-electron chi connectivity index (χ0n) is 13.7. The summed E-state index contributed by atoms with van der Waals surface area (Å²) in [5.41, 5.74) is 1.99. The molecule has 0 aromatic carbocycles. The van der Waals surface area contributed by atoms with Gasteiger partial charge in [0.2, 0.25) is 0 Å². The first kappa shape index (κ1) is 19.0. The Kier molecular flexibility index (Phi) is 6.78. The standard InChI is InChI=1S/C14H19N3O7/c1-9(2)23-13(18)15-16(14(19)24-10(3)4)12(17(20)21)8-11-6-5-7-22-11/h5-10H,1-4H3,(H,15,18)/b12-8-. The summed E-state index contributed by atoms with van der Waals surface area (Å²) in [5.74, 6) is -0.653. The molecule has 0 radical (unpaired) electrons. The molecule has 132 valence electrons. The van der Waals surface area contributed by atoms with Crippen LogP contribution in [0.4, 0.5) is 9.59 Å². The fraction of sp³-hybridized carbons (Fsp3) is 0.429. The van der Waals surface area contributed by atoms with Gasteiger partial charge in [0.05, 0.1) is 18.4 Å². The summed E-state index contributed by atoms with van der Waals surface area (Å²) in [5, 5.41) is 11.7. The number of nitro groups is 1. The van der Waals surface area contributed by atoms with Crippen LogP contribution in [0.25, 0.3) is 6.08 Å². The molecule has 0 spiro atoms. The molecule has 1 N–H and O–H groups in total. The van der Waals surface area contributed by atoms with Gasteiger partial charge in [-0.05, 0) is 49.8 Å². The predicted octanol–water partition coefficient (Wildman–Crippen LogP) is 2.75. The molecular weight excluding hydrogens is 322 g/mol. The molecule has 1 heterocycles. The Hall–Kier alpha value is -3.04. The number of amides is 2. The van der Waals surface area contributed by atoms with Crippen LogP contribution in [0.2, 0.25) is 0 Å². The molecule has 0 aliphatic heterocycles. The molecule has 10 nitrogen and oxygen atoms in total. The molecule has 0 atom stereocenters. The van der Waals surface area contributed by atoms with Crippen molar-refractivity contribution in [3.05, 3.63) is 40.1 Å². The predicted molar refractivity (Wildman–Crippen MR) is 81.9 cm³/mol. The van der Waals surface area contributed by atoms with Crippen molar-refractivity contribution in [1.82, 2.24) is 10.4 Å². The molecule has 0 saturated heterocycles. The first-order valence-corrected chi connectivity index (χ1v) is 7.08. The second-order valence-corrected chi connectivity index (χ2v) is 5.11. The molecular formula is C14H19N3O7. The lowest BCUT2D eigenvalue weighted by molar-refractivity contribution is -0.443. The highest BCUT2D eigenvalue weighted by Gasteiger charge is 2.35. The highest BCUT2D eigenvalue weighted by molar-refractivity contribution is 5.76. The van der Waals surface area contributed by atoms with Crippen LogP contribution in [-0.4, -0.2) is 34.3 Å². The van der Waals surface area contributed by atoms with Gasteiger partial charge in [0.1, 0.15) is 11.9 Å². The van der Waals surface area contributed by atoms with Gasteiger partial charge < -0.3 is 24.0 Å². The molecule has 0 aliphatic carbocycles. The summed E-state index contributed by atoms with van der Waals surface area (Å²) in [7, 11) is 0. The van der Waals surface area contributed by atoms with E-state index in [1.807, 2.05) is 5.43 Å². The molecule has 24 heavy (non-hydrogen) atoms. The summed E-state index contributed by atoms with van der Waals surface area (Å²) >= 11 is 0. The average molecular weight is 341 g/mol. The molecule has 2 amide bonds. The smallest absolute Gasteiger partial charge is 0.465 e. The van der Waals surface area contributed by atoms with E-state index in [0.717, 1.165) is 6.08 Å². The largest absolute Gasteiger partial charge is 0.532 e. The maximum Gasteiger partial charge on any atom is 0.532 e. The number of carbonyl (C=O) groups is 2. The van der Waals surface area contributed by atoms with E-state index < -0.39 is 35.1 Å². The number of furan rings is 1. The quantitative estimate of drug-likeness (QED) is 0.645. The topological polar surface area (TPSA) is 124 Å². The monoisotopic (exact) mass is 341 g/mol. The van der Waals surface area contributed by atoms with E-state index in [1.54, 1.807) is 27.7 Å². The molecule has 0 unspecified atom stereocenters. The molecule has 0 aliphatic rings. The molecule has 0 saturated carbocycles. The zero-order valence-corrected chi connectivity index (χ0v) is 13.7. The molecule has 0 bridgehead atoms. The van der Waals surface area contributed by atoms with Crippen LogP contribution in [0.1, 0.15) is 33.5 Å². The third-order valence-electron chi connectivity index (χ3n) is 2.30. The van der Waals surface area contributed by atoms with Crippen molar-refractivity contribution in [2.45, 2.75) is 39.9 Å². The maximum atomic E-state index is 12.1. The van der Waals surface area contributed by atoms with Crippen molar-refractivity contribution in [2.75, 3.05) is 0 Å². The van der Waals surface area contributed by atoms with Gasteiger partial charge in [-0.1, -0.05) is 0 Å². The minimum absolute atomic E-state index is 0.114. The van der Waals surface area contributed by atoms with E-state index in [-0.39, 0.29) is 5.76 Å². The van der Waals surface area contributed by atoms with Gasteiger partial charge in [-0.3, -0.25) is 0 Å². The van der Waals surface area contributed by atoms with Crippen molar-refractivity contribution in [1.29, 1.82) is 0 Å². The lowest BCUT2D eigenvalue weighted by Crippen LogP contribution is -2.48. The maximum absolute atomic E-state index is 12.1. The summed E-state index contributed by atoms with van der Waals surface area (Å²) in [6.45, 7) is 6.29. The van der Waals surface area contributed by atoms with E-state index >= 15 is 0 Å². The lowest BCUT2D eigenvalue weighted by Gasteiger charge is -2.18. The Morgan fingerprint density at radius 3 is 2.38 bits per heavy atom. The minimum atomic E-state index is -1.14. The SMILES string of the molecule is CC(C)OC(=O)NN(C(=O)OC(C)C)/C(=C/c1ccco1)[N+](=O)[O-]. The fourth-order valence-electron chi connectivity index (χ4n) is 1.48. The lowest BCUT2D eigenvalue weighted by atomic mass is 10.4. The van der Waals surface area contributed by atoms with Crippen LogP contribution in [0, 0.1) is 10.1 Å². The molecule has 1 rings (SSSR count). The van der Waals surface area contributed by atoms with Gasteiger partial charge in [-0.2, -0.15) is 4.79 Å².